The van der Waals surface area contributed by atoms with Crippen molar-refractivity contribution in [3.05, 3.63) is 67.0 Å². The zero-order valence-electron chi connectivity index (χ0n) is 20.4. The average molecular weight is 509 g/mol. The van der Waals surface area contributed by atoms with Crippen LogP contribution in [0, 0.1) is 5.82 Å². The van der Waals surface area contributed by atoms with Crippen LogP contribution in [0.25, 0.3) is 56.0 Å². The van der Waals surface area contributed by atoms with E-state index in [1.165, 1.54) is 19.2 Å². The number of benzene rings is 1. The summed E-state index contributed by atoms with van der Waals surface area (Å²) in [4.78, 5) is 33.1. The highest BCUT2D eigenvalue weighted by Crippen LogP contribution is 2.33. The van der Waals surface area contributed by atoms with Crippen molar-refractivity contribution in [2.45, 2.75) is 13.3 Å². The first-order chi connectivity index (χ1) is 18.5. The standard InChI is InChI=1S/C27H21FN8O2/c1-3-22(37)32-18-7-15(11-29-13-18)16-9-20-24(35-36-26(20)31-12-16)27-33-21-4-5-30-23(25(21)34-27)14-6-17(28)10-19(8-14)38-2/h4-13H,3H2,1-2H3,(H,32,37)(H,33,34)(H,31,35,36). The van der Waals surface area contributed by atoms with Crippen LogP contribution in [0.3, 0.4) is 0 Å². The molecule has 1 aromatic carbocycles. The number of pyridine rings is 3. The van der Waals surface area contributed by atoms with E-state index in [0.29, 0.717) is 51.8 Å². The highest BCUT2D eigenvalue weighted by molar-refractivity contribution is 5.96. The Kier molecular flexibility index (Phi) is 5.72. The number of nitrogens with zero attached hydrogens (tertiary/aromatic N) is 5. The molecule has 11 heteroatoms. The number of hydrogen-bond acceptors (Lipinski definition) is 7. The van der Waals surface area contributed by atoms with Crippen LogP contribution in [0.2, 0.25) is 0 Å². The predicted molar refractivity (Wildman–Crippen MR) is 141 cm³/mol. The lowest BCUT2D eigenvalue weighted by molar-refractivity contribution is -0.115. The molecule has 0 aliphatic rings. The second-order valence-electron chi connectivity index (χ2n) is 8.58. The molecule has 0 saturated carbocycles. The van der Waals surface area contributed by atoms with E-state index in [9.17, 15) is 9.18 Å². The minimum atomic E-state index is -0.431. The van der Waals surface area contributed by atoms with Gasteiger partial charge in [-0.3, -0.25) is 19.9 Å². The summed E-state index contributed by atoms with van der Waals surface area (Å²) in [7, 11) is 1.48. The lowest BCUT2D eigenvalue weighted by Gasteiger charge is -2.06. The largest absolute Gasteiger partial charge is 0.497 e. The Hall–Kier alpha value is -5.19. The van der Waals surface area contributed by atoms with Crippen molar-refractivity contribution in [1.82, 2.24) is 35.1 Å². The third kappa shape index (κ3) is 4.19. The highest BCUT2D eigenvalue weighted by Gasteiger charge is 2.17. The molecule has 10 nitrogen and oxygen atoms in total. The van der Waals surface area contributed by atoms with Gasteiger partial charge >= 0.3 is 0 Å². The monoisotopic (exact) mass is 508 g/mol. The molecule has 3 N–H and O–H groups in total. The number of aromatic amines is 2. The van der Waals surface area contributed by atoms with Gasteiger partial charge in [-0.25, -0.2) is 14.4 Å². The van der Waals surface area contributed by atoms with Gasteiger partial charge in [-0.05, 0) is 30.3 Å². The van der Waals surface area contributed by atoms with Crippen molar-refractivity contribution in [3.63, 3.8) is 0 Å². The number of rotatable bonds is 6. The Labute approximate surface area is 215 Å². The first-order valence-electron chi connectivity index (χ1n) is 11.8. The first-order valence-corrected chi connectivity index (χ1v) is 11.8. The second-order valence-corrected chi connectivity index (χ2v) is 8.58. The topological polar surface area (TPSA) is 134 Å². The molecule has 0 aliphatic carbocycles. The van der Waals surface area contributed by atoms with Gasteiger partial charge < -0.3 is 15.0 Å². The van der Waals surface area contributed by atoms with E-state index in [4.69, 9.17) is 9.72 Å². The third-order valence-corrected chi connectivity index (χ3v) is 6.10. The van der Waals surface area contributed by atoms with Crippen LogP contribution in [-0.2, 0) is 4.79 Å². The van der Waals surface area contributed by atoms with E-state index in [1.807, 2.05) is 12.1 Å². The molecular weight excluding hydrogens is 487 g/mol. The summed E-state index contributed by atoms with van der Waals surface area (Å²) in [6, 6.07) is 10.0. The number of halogens is 1. The minimum absolute atomic E-state index is 0.0925. The van der Waals surface area contributed by atoms with E-state index in [0.717, 1.165) is 22.0 Å². The average Bonchev–Trinajstić information content (AvgIpc) is 3.56. The predicted octanol–water partition coefficient (Wildman–Crippen LogP) is 5.12. The molecule has 5 aromatic heterocycles. The number of amides is 1. The fourth-order valence-electron chi connectivity index (χ4n) is 4.24. The molecular formula is C27H21FN8O2. The summed E-state index contributed by atoms with van der Waals surface area (Å²) in [5.74, 6) is 0.395. The van der Waals surface area contributed by atoms with E-state index in [2.05, 4.69) is 35.5 Å². The van der Waals surface area contributed by atoms with Crippen LogP contribution in [-0.4, -0.2) is 48.1 Å². The number of H-pyrrole nitrogens is 2. The Balaban J connectivity index is 1.43. The van der Waals surface area contributed by atoms with E-state index < -0.39 is 5.82 Å². The number of aromatic nitrogens is 7. The number of carbonyl (C=O) groups is 1. The van der Waals surface area contributed by atoms with Gasteiger partial charge in [-0.2, -0.15) is 5.10 Å². The summed E-state index contributed by atoms with van der Waals surface area (Å²) < 4.78 is 19.4. The molecule has 0 atom stereocenters. The van der Waals surface area contributed by atoms with Crippen LogP contribution in [0.4, 0.5) is 10.1 Å². The smallest absolute Gasteiger partial charge is 0.224 e. The zero-order valence-corrected chi connectivity index (χ0v) is 20.4. The molecule has 0 spiro atoms. The molecule has 0 unspecified atom stereocenters. The van der Waals surface area contributed by atoms with E-state index in [-0.39, 0.29) is 5.91 Å². The number of nitrogens with one attached hydrogen (secondary N) is 3. The first kappa shape index (κ1) is 23.2. The molecule has 1 amide bonds. The quantitative estimate of drug-likeness (QED) is 0.284. The number of anilines is 1. The summed E-state index contributed by atoms with van der Waals surface area (Å²) in [5.41, 5.74) is 5.70. The lowest BCUT2D eigenvalue weighted by Crippen LogP contribution is -2.09. The van der Waals surface area contributed by atoms with E-state index in [1.54, 1.807) is 43.8 Å². The van der Waals surface area contributed by atoms with Gasteiger partial charge in [0.15, 0.2) is 11.5 Å². The SMILES string of the molecule is CCC(=O)Nc1cncc(-c2cnc3n[nH]c(-c4nc5c(-c6cc(F)cc(OC)c6)nccc5[nH]4)c3c2)c1. The fourth-order valence-corrected chi connectivity index (χ4v) is 4.24. The maximum Gasteiger partial charge on any atom is 0.224 e. The number of carbonyl (C=O) groups excluding carboxylic acids is 1. The number of hydrogen-bond donors (Lipinski definition) is 3. The summed E-state index contributed by atoms with van der Waals surface area (Å²) in [5, 5.41) is 10.9. The van der Waals surface area contributed by atoms with Crippen molar-refractivity contribution >= 4 is 33.7 Å². The number of methoxy groups -OCH3 is 1. The van der Waals surface area contributed by atoms with Crippen LogP contribution in [0.1, 0.15) is 13.3 Å². The molecule has 0 aliphatic heterocycles. The molecule has 38 heavy (non-hydrogen) atoms. The fraction of sp³-hybridized carbons (Fsp3) is 0.111. The molecule has 0 bridgehead atoms. The van der Waals surface area contributed by atoms with Crippen LogP contribution in [0.5, 0.6) is 5.75 Å². The van der Waals surface area contributed by atoms with Crippen LogP contribution < -0.4 is 10.1 Å². The molecule has 0 saturated heterocycles. The lowest BCUT2D eigenvalue weighted by atomic mass is 10.1. The third-order valence-electron chi connectivity index (χ3n) is 6.10. The Morgan fingerprint density at radius 1 is 1.05 bits per heavy atom. The van der Waals surface area contributed by atoms with Gasteiger partial charge in [-0.1, -0.05) is 6.92 Å². The van der Waals surface area contributed by atoms with Crippen molar-refractivity contribution in [2.75, 3.05) is 12.4 Å². The number of ether oxygens (including phenoxy) is 1. The summed E-state index contributed by atoms with van der Waals surface area (Å²) >= 11 is 0. The molecule has 188 valence electrons. The Morgan fingerprint density at radius 3 is 2.76 bits per heavy atom. The van der Waals surface area contributed by atoms with Crippen molar-refractivity contribution in [2.24, 2.45) is 0 Å². The maximum atomic E-state index is 14.2. The van der Waals surface area contributed by atoms with Gasteiger partial charge in [-0.15, -0.1) is 0 Å². The number of imidazole rings is 1. The van der Waals surface area contributed by atoms with E-state index >= 15 is 0 Å². The van der Waals surface area contributed by atoms with Gasteiger partial charge in [0.25, 0.3) is 0 Å². The van der Waals surface area contributed by atoms with Crippen molar-refractivity contribution in [1.29, 1.82) is 0 Å². The molecule has 0 radical (unpaired) electrons. The highest BCUT2D eigenvalue weighted by atomic mass is 19.1. The number of fused-ring (bicyclic) bond motifs is 2. The molecule has 6 aromatic rings. The zero-order chi connectivity index (χ0) is 26.2. The summed E-state index contributed by atoms with van der Waals surface area (Å²) in [6.45, 7) is 1.79. The molecule has 0 fully saturated rings. The maximum absolute atomic E-state index is 14.2. The molecule has 5 heterocycles. The van der Waals surface area contributed by atoms with Crippen LogP contribution >= 0.6 is 0 Å². The second kappa shape index (κ2) is 9.36. The summed E-state index contributed by atoms with van der Waals surface area (Å²) in [6.07, 6.45) is 7.02. The van der Waals surface area contributed by atoms with Gasteiger partial charge in [0.1, 0.15) is 22.8 Å². The van der Waals surface area contributed by atoms with Crippen molar-refractivity contribution < 1.29 is 13.9 Å². The minimum Gasteiger partial charge on any atom is -0.497 e. The van der Waals surface area contributed by atoms with Gasteiger partial charge in [0.05, 0.1) is 35.6 Å². The van der Waals surface area contributed by atoms with Gasteiger partial charge in [0, 0.05) is 47.8 Å². The molecule has 6 rings (SSSR count). The normalized spacial score (nSPS) is 11.2. The van der Waals surface area contributed by atoms with Crippen LogP contribution in [0.15, 0.2) is 61.2 Å². The van der Waals surface area contributed by atoms with Gasteiger partial charge in [0.2, 0.25) is 5.91 Å². The Bertz CT molecular complexity index is 1830. The Morgan fingerprint density at radius 2 is 1.92 bits per heavy atom. The van der Waals surface area contributed by atoms with Crippen molar-refractivity contribution in [3.8, 4) is 39.7 Å².